The van der Waals surface area contributed by atoms with Gasteiger partial charge in [0.2, 0.25) is 0 Å². The van der Waals surface area contributed by atoms with Crippen molar-refractivity contribution in [2.75, 3.05) is 6.61 Å². The number of benzene rings is 2. The van der Waals surface area contributed by atoms with Gasteiger partial charge in [-0.2, -0.15) is 5.10 Å². The van der Waals surface area contributed by atoms with Gasteiger partial charge >= 0.3 is 0 Å². The second-order valence-corrected chi connectivity index (χ2v) is 6.19. The van der Waals surface area contributed by atoms with Crippen molar-refractivity contribution in [1.82, 2.24) is 5.43 Å². The van der Waals surface area contributed by atoms with Crippen molar-refractivity contribution >= 4 is 44.8 Å². The average Bonchev–Trinajstić information content (AvgIpc) is 2.59. The minimum absolute atomic E-state index is 0.0770. The molecule has 0 fully saturated rings. The van der Waals surface area contributed by atoms with E-state index in [-0.39, 0.29) is 12.3 Å². The van der Waals surface area contributed by atoms with E-state index < -0.39 is 10.8 Å². The summed E-state index contributed by atoms with van der Waals surface area (Å²) in [5.74, 6) is -0.141. The number of nitrogens with zero attached hydrogens (tertiary/aromatic N) is 2. The van der Waals surface area contributed by atoms with Crippen LogP contribution in [0.25, 0.3) is 0 Å². The van der Waals surface area contributed by atoms with Crippen LogP contribution in [0.15, 0.2) is 52.0 Å². The number of nitro benzene ring substituents is 1. The molecular formula is C16H13BrClN3O4. The molecule has 0 saturated heterocycles. The molecule has 0 radical (unpaired) electrons. The van der Waals surface area contributed by atoms with E-state index in [1.165, 1.54) is 18.2 Å². The molecule has 2 rings (SSSR count). The van der Waals surface area contributed by atoms with Crippen LogP contribution < -0.4 is 10.2 Å². The second kappa shape index (κ2) is 8.59. The third-order valence-electron chi connectivity index (χ3n) is 3.10. The van der Waals surface area contributed by atoms with Gasteiger partial charge < -0.3 is 4.74 Å². The van der Waals surface area contributed by atoms with Crippen LogP contribution in [0.1, 0.15) is 12.5 Å². The molecular weight excluding hydrogens is 414 g/mol. The monoisotopic (exact) mass is 425 g/mol. The number of hydrogen-bond acceptors (Lipinski definition) is 5. The summed E-state index contributed by atoms with van der Waals surface area (Å²) in [4.78, 5) is 22.0. The van der Waals surface area contributed by atoms with Gasteiger partial charge in [0.15, 0.2) is 6.61 Å². The first-order valence-corrected chi connectivity index (χ1v) is 8.19. The van der Waals surface area contributed by atoms with E-state index in [1.54, 1.807) is 31.2 Å². The Labute approximate surface area is 156 Å². The smallest absolute Gasteiger partial charge is 0.277 e. The number of carbonyl (C=O) groups is 1. The number of ether oxygens (including phenoxy) is 1. The third-order valence-corrected chi connectivity index (χ3v) is 3.97. The van der Waals surface area contributed by atoms with E-state index in [2.05, 4.69) is 26.5 Å². The predicted molar refractivity (Wildman–Crippen MR) is 98.1 cm³/mol. The lowest BCUT2D eigenvalue weighted by Gasteiger charge is -2.07. The Morgan fingerprint density at radius 1 is 1.32 bits per heavy atom. The van der Waals surface area contributed by atoms with Gasteiger partial charge in [-0.15, -0.1) is 0 Å². The van der Waals surface area contributed by atoms with Crippen molar-refractivity contribution < 1.29 is 14.5 Å². The molecule has 2 aromatic rings. The van der Waals surface area contributed by atoms with E-state index in [1.807, 2.05) is 0 Å². The van der Waals surface area contributed by atoms with E-state index in [4.69, 9.17) is 16.3 Å². The van der Waals surface area contributed by atoms with E-state index in [9.17, 15) is 14.9 Å². The molecule has 0 aliphatic rings. The van der Waals surface area contributed by atoms with Crippen molar-refractivity contribution in [3.8, 4) is 5.75 Å². The van der Waals surface area contributed by atoms with Crippen LogP contribution in [0.5, 0.6) is 5.75 Å². The van der Waals surface area contributed by atoms with Gasteiger partial charge in [-0.25, -0.2) is 5.43 Å². The summed E-state index contributed by atoms with van der Waals surface area (Å²) in [6, 6.07) is 11.0. The van der Waals surface area contributed by atoms with E-state index in [0.29, 0.717) is 21.0 Å². The van der Waals surface area contributed by atoms with Crippen LogP contribution in [0.3, 0.4) is 0 Å². The highest BCUT2D eigenvalue weighted by Crippen LogP contribution is 2.28. The second-order valence-electron chi connectivity index (χ2n) is 4.90. The van der Waals surface area contributed by atoms with Gasteiger partial charge in [0.25, 0.3) is 11.6 Å². The van der Waals surface area contributed by atoms with Gasteiger partial charge in [0.1, 0.15) is 5.75 Å². The zero-order chi connectivity index (χ0) is 18.4. The molecule has 25 heavy (non-hydrogen) atoms. The van der Waals surface area contributed by atoms with Crippen LogP contribution in [0.4, 0.5) is 5.69 Å². The highest BCUT2D eigenvalue weighted by atomic mass is 79.9. The van der Waals surface area contributed by atoms with Gasteiger partial charge in [-0.05, 0) is 46.6 Å². The van der Waals surface area contributed by atoms with Crippen molar-refractivity contribution in [2.24, 2.45) is 5.10 Å². The quantitative estimate of drug-likeness (QED) is 0.430. The third kappa shape index (κ3) is 5.54. The maximum Gasteiger partial charge on any atom is 0.277 e. The van der Waals surface area contributed by atoms with Crippen LogP contribution in [0, 0.1) is 10.1 Å². The Balaban J connectivity index is 1.91. The fourth-order valence-corrected chi connectivity index (χ4v) is 2.40. The maximum absolute atomic E-state index is 11.8. The zero-order valence-corrected chi connectivity index (χ0v) is 15.4. The topological polar surface area (TPSA) is 93.8 Å². The highest BCUT2D eigenvalue weighted by Gasteiger charge is 2.11. The molecule has 7 nitrogen and oxygen atoms in total. The minimum atomic E-state index is -0.518. The first kappa shape index (κ1) is 18.9. The number of hydrazone groups is 1. The van der Waals surface area contributed by atoms with E-state index in [0.717, 1.165) is 5.56 Å². The lowest BCUT2D eigenvalue weighted by atomic mass is 10.1. The molecule has 0 atom stereocenters. The van der Waals surface area contributed by atoms with Crippen molar-refractivity contribution in [3.63, 3.8) is 0 Å². The SMILES string of the molecule is C/C(=N\NC(=O)COc1ccc([N+](=O)[O-])cc1Br)c1ccc(Cl)cc1. The molecule has 0 aliphatic heterocycles. The molecule has 0 unspecified atom stereocenters. The van der Waals surface area contributed by atoms with Crippen molar-refractivity contribution in [1.29, 1.82) is 0 Å². The van der Waals surface area contributed by atoms with Gasteiger partial charge in [-0.3, -0.25) is 14.9 Å². The average molecular weight is 427 g/mol. The first-order chi connectivity index (χ1) is 11.9. The van der Waals surface area contributed by atoms with Crippen LogP contribution in [-0.2, 0) is 4.79 Å². The molecule has 130 valence electrons. The number of amides is 1. The summed E-state index contributed by atoms with van der Waals surface area (Å²) < 4.78 is 5.70. The largest absolute Gasteiger partial charge is 0.483 e. The van der Waals surface area contributed by atoms with Gasteiger partial charge in [-0.1, -0.05) is 23.7 Å². The number of nitro groups is 1. The standard InChI is InChI=1S/C16H13BrClN3O4/c1-10(11-2-4-12(18)5-3-11)19-20-16(22)9-25-15-7-6-13(21(23)24)8-14(15)17/h2-8H,9H2,1H3,(H,20,22)/b19-10+. The molecule has 0 heterocycles. The molecule has 0 aromatic heterocycles. The number of nitrogens with one attached hydrogen (secondary N) is 1. The zero-order valence-electron chi connectivity index (χ0n) is 13.0. The van der Waals surface area contributed by atoms with Crippen LogP contribution in [-0.4, -0.2) is 23.1 Å². The Bertz CT molecular complexity index is 825. The first-order valence-electron chi connectivity index (χ1n) is 7.02. The summed E-state index contributed by atoms with van der Waals surface area (Å²) in [5, 5.41) is 15.3. The van der Waals surface area contributed by atoms with Crippen LogP contribution in [0.2, 0.25) is 5.02 Å². The Kier molecular flexibility index (Phi) is 6.49. The lowest BCUT2D eigenvalue weighted by Crippen LogP contribution is -2.25. The maximum atomic E-state index is 11.8. The Morgan fingerprint density at radius 2 is 2.00 bits per heavy atom. The highest BCUT2D eigenvalue weighted by molar-refractivity contribution is 9.10. The Morgan fingerprint density at radius 3 is 2.60 bits per heavy atom. The fraction of sp³-hybridized carbons (Fsp3) is 0.125. The summed E-state index contributed by atoms with van der Waals surface area (Å²) >= 11 is 8.98. The number of hydrogen-bond donors (Lipinski definition) is 1. The number of halogens is 2. The molecule has 0 bridgehead atoms. The van der Waals surface area contributed by atoms with Gasteiger partial charge in [0.05, 0.1) is 15.1 Å². The summed E-state index contributed by atoms with van der Waals surface area (Å²) in [5.41, 5.74) is 3.74. The van der Waals surface area contributed by atoms with Crippen molar-refractivity contribution in [2.45, 2.75) is 6.92 Å². The normalized spacial score (nSPS) is 11.1. The minimum Gasteiger partial charge on any atom is -0.483 e. The number of rotatable bonds is 6. The molecule has 2 aromatic carbocycles. The molecule has 0 spiro atoms. The van der Waals surface area contributed by atoms with Crippen LogP contribution >= 0.6 is 27.5 Å². The predicted octanol–water partition coefficient (Wildman–Crippen LogP) is 3.93. The lowest BCUT2D eigenvalue weighted by molar-refractivity contribution is -0.384. The van der Waals surface area contributed by atoms with Crippen molar-refractivity contribution in [3.05, 3.63) is 67.6 Å². The molecule has 1 N–H and O–H groups in total. The van der Waals surface area contributed by atoms with Gasteiger partial charge in [0, 0.05) is 17.2 Å². The summed E-state index contributed by atoms with van der Waals surface area (Å²) in [6.45, 7) is 1.46. The summed E-state index contributed by atoms with van der Waals surface area (Å²) in [6.07, 6.45) is 0. The number of non-ortho nitro benzene ring substituents is 1. The molecule has 0 saturated carbocycles. The molecule has 9 heteroatoms. The molecule has 1 amide bonds. The number of carbonyl (C=O) groups excluding carboxylic acids is 1. The van der Waals surface area contributed by atoms with E-state index >= 15 is 0 Å². The molecule has 0 aliphatic carbocycles. The summed E-state index contributed by atoms with van der Waals surface area (Å²) in [7, 11) is 0. The fourth-order valence-electron chi connectivity index (χ4n) is 1.80. The Hall–Kier alpha value is -2.45.